The molecule has 0 bridgehead atoms. The Hall–Kier alpha value is -1.36. The SMILES string of the molecule is Cc1cc(Cl)c(OC(c2cncc(F)c2)[C@H]2CCNC2)c(Cl)c1. The van der Waals surface area contributed by atoms with Gasteiger partial charge >= 0.3 is 0 Å². The van der Waals surface area contributed by atoms with Crippen LogP contribution in [0.3, 0.4) is 0 Å². The van der Waals surface area contributed by atoms with Crippen LogP contribution in [0.4, 0.5) is 4.39 Å². The Balaban J connectivity index is 1.96. The molecule has 1 unspecified atom stereocenters. The number of hydrogen-bond donors (Lipinski definition) is 1. The first kappa shape index (κ1) is 16.5. The second kappa shape index (κ2) is 7.04. The van der Waals surface area contributed by atoms with Crippen molar-refractivity contribution >= 4 is 23.2 Å². The maximum atomic E-state index is 13.6. The Morgan fingerprint density at radius 3 is 2.61 bits per heavy atom. The van der Waals surface area contributed by atoms with Crippen LogP contribution in [0.25, 0.3) is 0 Å². The third kappa shape index (κ3) is 3.77. The fourth-order valence-electron chi connectivity index (χ4n) is 2.88. The minimum Gasteiger partial charge on any atom is -0.482 e. The molecule has 0 amide bonds. The zero-order chi connectivity index (χ0) is 16.4. The first-order valence-electron chi connectivity index (χ1n) is 7.48. The number of aromatic nitrogens is 1. The van der Waals surface area contributed by atoms with Crippen LogP contribution in [-0.4, -0.2) is 18.1 Å². The fraction of sp³-hybridized carbons (Fsp3) is 0.353. The van der Waals surface area contributed by atoms with Gasteiger partial charge in [-0.15, -0.1) is 0 Å². The summed E-state index contributed by atoms with van der Waals surface area (Å²) in [6.07, 6.45) is 3.38. The number of benzene rings is 1. The molecule has 1 aliphatic rings. The summed E-state index contributed by atoms with van der Waals surface area (Å²) >= 11 is 12.6. The molecule has 2 atom stereocenters. The third-order valence-electron chi connectivity index (χ3n) is 3.97. The second-order valence-corrected chi connectivity index (χ2v) is 6.60. The van der Waals surface area contributed by atoms with Gasteiger partial charge in [0.15, 0.2) is 5.75 Å². The van der Waals surface area contributed by atoms with Gasteiger partial charge in [-0.25, -0.2) is 4.39 Å². The number of pyridine rings is 1. The van der Waals surface area contributed by atoms with Gasteiger partial charge in [0.05, 0.1) is 16.2 Å². The van der Waals surface area contributed by atoms with Crippen LogP contribution in [0, 0.1) is 18.7 Å². The van der Waals surface area contributed by atoms with Crippen LogP contribution in [-0.2, 0) is 0 Å². The van der Waals surface area contributed by atoms with E-state index in [2.05, 4.69) is 10.3 Å². The molecule has 1 saturated heterocycles. The van der Waals surface area contributed by atoms with E-state index in [9.17, 15) is 4.39 Å². The smallest absolute Gasteiger partial charge is 0.157 e. The Labute approximate surface area is 144 Å². The van der Waals surface area contributed by atoms with Gasteiger partial charge in [-0.3, -0.25) is 4.98 Å². The van der Waals surface area contributed by atoms with Crippen LogP contribution in [0.2, 0.25) is 10.0 Å². The molecule has 0 saturated carbocycles. The lowest BCUT2D eigenvalue weighted by Gasteiger charge is -2.25. The Morgan fingerprint density at radius 1 is 1.26 bits per heavy atom. The van der Waals surface area contributed by atoms with Crippen LogP contribution < -0.4 is 10.1 Å². The number of ether oxygens (including phenoxy) is 1. The summed E-state index contributed by atoms with van der Waals surface area (Å²) in [5.41, 5.74) is 1.64. The van der Waals surface area contributed by atoms with Gasteiger partial charge in [-0.2, -0.15) is 0 Å². The highest BCUT2D eigenvalue weighted by Crippen LogP contribution is 2.40. The standard InChI is InChI=1S/C17H17Cl2FN2O/c1-10-4-14(18)17(15(19)5-10)23-16(11-2-3-21-7-11)12-6-13(20)9-22-8-12/h4-6,8-9,11,16,21H,2-3,7H2,1H3/t11-,16?/m0/s1. The minimum absolute atomic E-state index is 0.201. The van der Waals surface area contributed by atoms with E-state index >= 15 is 0 Å². The lowest BCUT2D eigenvalue weighted by molar-refractivity contribution is 0.144. The van der Waals surface area contributed by atoms with Crippen molar-refractivity contribution in [3.63, 3.8) is 0 Å². The normalized spacial score (nSPS) is 18.9. The summed E-state index contributed by atoms with van der Waals surface area (Å²) < 4.78 is 19.7. The molecule has 2 heterocycles. The molecule has 1 aliphatic heterocycles. The summed E-state index contributed by atoms with van der Waals surface area (Å²) in [5, 5.41) is 4.21. The molecule has 0 spiro atoms. The van der Waals surface area contributed by atoms with Crippen molar-refractivity contribution < 1.29 is 9.13 Å². The molecular formula is C17H17Cl2FN2O. The largest absolute Gasteiger partial charge is 0.482 e. The molecule has 1 N–H and O–H groups in total. The average molecular weight is 355 g/mol. The minimum atomic E-state index is -0.386. The van der Waals surface area contributed by atoms with E-state index in [1.54, 1.807) is 18.3 Å². The van der Waals surface area contributed by atoms with Gasteiger partial charge < -0.3 is 10.1 Å². The van der Waals surface area contributed by atoms with Crippen molar-refractivity contribution in [1.82, 2.24) is 10.3 Å². The van der Waals surface area contributed by atoms with Crippen LogP contribution in [0.5, 0.6) is 5.75 Å². The molecule has 2 aromatic rings. The second-order valence-electron chi connectivity index (χ2n) is 5.79. The Bertz CT molecular complexity index is 682. The molecule has 1 aromatic carbocycles. The lowest BCUT2D eigenvalue weighted by Crippen LogP contribution is -2.22. The summed E-state index contributed by atoms with van der Waals surface area (Å²) in [6.45, 7) is 3.61. The van der Waals surface area contributed by atoms with Gasteiger partial charge in [0.25, 0.3) is 0 Å². The maximum Gasteiger partial charge on any atom is 0.157 e. The first-order chi connectivity index (χ1) is 11.0. The van der Waals surface area contributed by atoms with Crippen molar-refractivity contribution in [2.24, 2.45) is 5.92 Å². The van der Waals surface area contributed by atoms with E-state index in [-0.39, 0.29) is 17.8 Å². The van der Waals surface area contributed by atoms with Gasteiger partial charge in [-0.1, -0.05) is 23.2 Å². The average Bonchev–Trinajstić information content (AvgIpc) is 3.00. The number of nitrogens with zero attached hydrogens (tertiary/aromatic N) is 1. The molecule has 0 radical (unpaired) electrons. The molecule has 1 aromatic heterocycles. The topological polar surface area (TPSA) is 34.1 Å². The predicted molar refractivity (Wildman–Crippen MR) is 89.7 cm³/mol. The molecule has 0 aliphatic carbocycles. The summed E-state index contributed by atoms with van der Waals surface area (Å²) in [4.78, 5) is 3.94. The maximum absolute atomic E-state index is 13.6. The highest BCUT2D eigenvalue weighted by molar-refractivity contribution is 6.37. The first-order valence-corrected chi connectivity index (χ1v) is 8.23. The molecule has 3 rings (SSSR count). The van der Waals surface area contributed by atoms with Crippen LogP contribution in [0.15, 0.2) is 30.6 Å². The third-order valence-corrected chi connectivity index (χ3v) is 4.53. The molecule has 6 heteroatoms. The van der Waals surface area contributed by atoms with E-state index < -0.39 is 0 Å². The molecule has 23 heavy (non-hydrogen) atoms. The quantitative estimate of drug-likeness (QED) is 0.873. The summed E-state index contributed by atoms with van der Waals surface area (Å²) in [7, 11) is 0. The molecule has 1 fully saturated rings. The van der Waals surface area contributed by atoms with E-state index in [4.69, 9.17) is 27.9 Å². The van der Waals surface area contributed by atoms with Gasteiger partial charge in [0.2, 0.25) is 0 Å². The monoisotopic (exact) mass is 354 g/mol. The van der Waals surface area contributed by atoms with E-state index in [1.807, 2.05) is 6.92 Å². The van der Waals surface area contributed by atoms with Crippen LogP contribution in [0.1, 0.15) is 23.7 Å². The zero-order valence-corrected chi connectivity index (χ0v) is 14.2. The number of rotatable bonds is 4. The molecule has 122 valence electrons. The number of halogens is 3. The van der Waals surface area contributed by atoms with E-state index in [1.165, 1.54) is 12.3 Å². The van der Waals surface area contributed by atoms with Crippen molar-refractivity contribution in [2.75, 3.05) is 13.1 Å². The van der Waals surface area contributed by atoms with Crippen molar-refractivity contribution in [2.45, 2.75) is 19.4 Å². The van der Waals surface area contributed by atoms with Gasteiger partial charge in [0.1, 0.15) is 11.9 Å². The predicted octanol–water partition coefficient (Wildman–Crippen LogP) is 4.57. The lowest BCUT2D eigenvalue weighted by atomic mass is 9.95. The molecule has 3 nitrogen and oxygen atoms in total. The van der Waals surface area contributed by atoms with Gasteiger partial charge in [0, 0.05) is 24.2 Å². The van der Waals surface area contributed by atoms with E-state index in [0.717, 1.165) is 25.1 Å². The number of hydrogen-bond acceptors (Lipinski definition) is 3. The molecular weight excluding hydrogens is 338 g/mol. The number of aryl methyl sites for hydroxylation is 1. The van der Waals surface area contributed by atoms with Crippen molar-refractivity contribution in [1.29, 1.82) is 0 Å². The van der Waals surface area contributed by atoms with Gasteiger partial charge in [-0.05, 0) is 43.7 Å². The highest BCUT2D eigenvalue weighted by atomic mass is 35.5. The van der Waals surface area contributed by atoms with Crippen molar-refractivity contribution in [3.8, 4) is 5.75 Å². The van der Waals surface area contributed by atoms with Crippen LogP contribution >= 0.6 is 23.2 Å². The number of nitrogens with one attached hydrogen (secondary N) is 1. The van der Waals surface area contributed by atoms with E-state index in [0.29, 0.717) is 21.4 Å². The summed E-state index contributed by atoms with van der Waals surface area (Å²) in [6, 6.07) is 5.05. The van der Waals surface area contributed by atoms with Crippen molar-refractivity contribution in [3.05, 3.63) is 57.6 Å². The summed E-state index contributed by atoms with van der Waals surface area (Å²) in [5.74, 6) is 0.246. The Morgan fingerprint density at radius 2 is 2.00 bits per heavy atom. The highest BCUT2D eigenvalue weighted by Gasteiger charge is 2.30. The zero-order valence-electron chi connectivity index (χ0n) is 12.7. The Kier molecular flexibility index (Phi) is 5.05. The fourth-order valence-corrected chi connectivity index (χ4v) is 3.57.